The van der Waals surface area contributed by atoms with Crippen LogP contribution in [0.3, 0.4) is 0 Å². The first-order valence-electron chi connectivity index (χ1n) is 9.68. The number of carbonyl (C=O) groups is 1. The van der Waals surface area contributed by atoms with Gasteiger partial charge >= 0.3 is 0 Å². The third-order valence-corrected chi connectivity index (χ3v) is 5.16. The molecule has 1 fully saturated rings. The highest BCUT2D eigenvalue weighted by Gasteiger charge is 2.24. The first kappa shape index (κ1) is 18.3. The van der Waals surface area contributed by atoms with Crippen LogP contribution < -0.4 is 0 Å². The van der Waals surface area contributed by atoms with Crippen LogP contribution in [0.1, 0.15) is 30.7 Å². The number of amides is 1. The lowest BCUT2D eigenvalue weighted by Gasteiger charge is -2.31. The molecule has 1 aromatic carbocycles. The molecule has 4 rings (SSSR count). The Morgan fingerprint density at radius 2 is 1.96 bits per heavy atom. The molecule has 1 saturated heterocycles. The van der Waals surface area contributed by atoms with Crippen molar-refractivity contribution in [2.45, 2.75) is 32.1 Å². The van der Waals surface area contributed by atoms with Gasteiger partial charge < -0.3 is 9.42 Å². The van der Waals surface area contributed by atoms with Crippen molar-refractivity contribution in [2.75, 3.05) is 13.1 Å². The third kappa shape index (κ3) is 4.60. The van der Waals surface area contributed by atoms with Crippen LogP contribution in [0.15, 0.2) is 53.4 Å². The largest absolute Gasteiger partial charge is 0.343 e. The fraction of sp³-hybridized carbons (Fsp3) is 0.381. The molecule has 28 heavy (non-hydrogen) atoms. The summed E-state index contributed by atoms with van der Waals surface area (Å²) in [5.41, 5.74) is 1.82. The molecule has 0 bridgehead atoms. The van der Waals surface area contributed by atoms with Crippen molar-refractivity contribution in [3.05, 3.63) is 60.4 Å². The molecule has 7 heteroatoms. The molecule has 1 aliphatic rings. The molecule has 7 nitrogen and oxygen atoms in total. The molecule has 0 N–H and O–H groups in total. The molecule has 0 unspecified atom stereocenters. The predicted octanol–water partition coefficient (Wildman–Crippen LogP) is 2.94. The summed E-state index contributed by atoms with van der Waals surface area (Å²) in [6.07, 6.45) is 8.86. The van der Waals surface area contributed by atoms with Gasteiger partial charge in [-0.3, -0.25) is 9.78 Å². The average molecular weight is 377 g/mol. The van der Waals surface area contributed by atoms with Crippen molar-refractivity contribution >= 4 is 5.91 Å². The van der Waals surface area contributed by atoms with Gasteiger partial charge in [-0.15, -0.1) is 0 Å². The number of aryl methyl sites for hydroxylation is 1. The maximum atomic E-state index is 12.5. The van der Waals surface area contributed by atoms with E-state index in [1.165, 1.54) is 5.56 Å². The Morgan fingerprint density at radius 1 is 1.14 bits per heavy atom. The molecular formula is C21H23N5O2. The average Bonchev–Trinajstić information content (AvgIpc) is 3.22. The number of nitrogens with zero attached hydrogens (tertiary/aromatic N) is 5. The minimum absolute atomic E-state index is 0.241. The lowest BCUT2D eigenvalue weighted by molar-refractivity contribution is -0.132. The summed E-state index contributed by atoms with van der Waals surface area (Å²) >= 11 is 0. The standard InChI is InChI=1S/C21H23N5O2/c27-20(7-6-16-4-2-1-3-5-16)26-12-8-17(9-13-26)14-19-24-21(25-28-19)18-15-22-10-11-23-18/h1-5,10-11,15,17H,6-9,12-14H2. The van der Waals surface area contributed by atoms with Gasteiger partial charge in [0, 0.05) is 38.3 Å². The van der Waals surface area contributed by atoms with E-state index in [9.17, 15) is 4.79 Å². The zero-order valence-electron chi connectivity index (χ0n) is 15.7. The second kappa shape index (κ2) is 8.73. The van der Waals surface area contributed by atoms with Gasteiger partial charge in [0.15, 0.2) is 0 Å². The number of likely N-dealkylation sites (tertiary alicyclic amines) is 1. The summed E-state index contributed by atoms with van der Waals surface area (Å²) in [4.78, 5) is 27.1. The van der Waals surface area contributed by atoms with Crippen LogP contribution in [0.2, 0.25) is 0 Å². The van der Waals surface area contributed by atoms with Crippen LogP contribution in [0, 0.1) is 5.92 Å². The zero-order valence-corrected chi connectivity index (χ0v) is 15.7. The smallest absolute Gasteiger partial charge is 0.227 e. The van der Waals surface area contributed by atoms with Crippen LogP contribution in [-0.4, -0.2) is 44.0 Å². The van der Waals surface area contributed by atoms with Gasteiger partial charge in [-0.2, -0.15) is 4.98 Å². The van der Waals surface area contributed by atoms with Crippen LogP contribution in [0.4, 0.5) is 0 Å². The van der Waals surface area contributed by atoms with Gasteiger partial charge in [-0.05, 0) is 30.7 Å². The summed E-state index contributed by atoms with van der Waals surface area (Å²) < 4.78 is 5.37. The maximum Gasteiger partial charge on any atom is 0.227 e. The Balaban J connectivity index is 1.24. The fourth-order valence-corrected chi connectivity index (χ4v) is 3.54. The first-order chi connectivity index (χ1) is 13.8. The molecule has 144 valence electrons. The number of benzene rings is 1. The molecular weight excluding hydrogens is 354 g/mol. The monoisotopic (exact) mass is 377 g/mol. The summed E-state index contributed by atoms with van der Waals surface area (Å²) in [5.74, 6) is 1.78. The minimum atomic E-state index is 0.241. The van der Waals surface area contributed by atoms with Crippen molar-refractivity contribution in [3.63, 3.8) is 0 Å². The molecule has 0 spiro atoms. The Bertz CT molecular complexity index is 889. The van der Waals surface area contributed by atoms with Crippen LogP contribution in [-0.2, 0) is 17.6 Å². The number of hydrogen-bond donors (Lipinski definition) is 0. The number of rotatable bonds is 6. The molecule has 0 atom stereocenters. The Morgan fingerprint density at radius 3 is 2.71 bits per heavy atom. The highest BCUT2D eigenvalue weighted by atomic mass is 16.5. The van der Waals surface area contributed by atoms with Crippen molar-refractivity contribution in [1.82, 2.24) is 25.0 Å². The molecule has 0 saturated carbocycles. The Labute approximate surface area is 163 Å². The van der Waals surface area contributed by atoms with Crippen LogP contribution >= 0.6 is 0 Å². The van der Waals surface area contributed by atoms with Gasteiger partial charge in [-0.25, -0.2) is 4.98 Å². The molecule has 3 heterocycles. The fourth-order valence-electron chi connectivity index (χ4n) is 3.54. The Kier molecular flexibility index (Phi) is 5.70. The van der Waals surface area contributed by atoms with E-state index in [4.69, 9.17) is 4.52 Å². The van der Waals surface area contributed by atoms with Gasteiger partial charge in [0.1, 0.15) is 5.69 Å². The second-order valence-electron chi connectivity index (χ2n) is 7.12. The Hall–Kier alpha value is -3.09. The third-order valence-electron chi connectivity index (χ3n) is 5.16. The number of piperidine rings is 1. The van der Waals surface area contributed by atoms with E-state index in [-0.39, 0.29) is 5.91 Å². The lowest BCUT2D eigenvalue weighted by Crippen LogP contribution is -2.39. The van der Waals surface area contributed by atoms with Gasteiger partial charge in [0.05, 0.1) is 6.20 Å². The minimum Gasteiger partial charge on any atom is -0.343 e. The van der Waals surface area contributed by atoms with E-state index in [2.05, 4.69) is 32.2 Å². The van der Waals surface area contributed by atoms with E-state index in [0.29, 0.717) is 29.7 Å². The summed E-state index contributed by atoms with van der Waals surface area (Å²) in [7, 11) is 0. The molecule has 1 aliphatic heterocycles. The second-order valence-corrected chi connectivity index (χ2v) is 7.12. The van der Waals surface area contributed by atoms with E-state index in [0.717, 1.165) is 38.8 Å². The summed E-state index contributed by atoms with van der Waals surface area (Å²) in [6.45, 7) is 1.59. The molecule has 0 radical (unpaired) electrons. The molecule has 0 aliphatic carbocycles. The molecule has 1 amide bonds. The highest BCUT2D eigenvalue weighted by Crippen LogP contribution is 2.23. The highest BCUT2D eigenvalue weighted by molar-refractivity contribution is 5.76. The van der Waals surface area contributed by atoms with Crippen LogP contribution in [0.5, 0.6) is 0 Å². The predicted molar refractivity (Wildman–Crippen MR) is 103 cm³/mol. The zero-order chi connectivity index (χ0) is 19.2. The van der Waals surface area contributed by atoms with Crippen molar-refractivity contribution < 1.29 is 9.32 Å². The van der Waals surface area contributed by atoms with Crippen LogP contribution in [0.25, 0.3) is 11.5 Å². The first-order valence-corrected chi connectivity index (χ1v) is 9.68. The topological polar surface area (TPSA) is 85.0 Å². The maximum absolute atomic E-state index is 12.5. The number of hydrogen-bond acceptors (Lipinski definition) is 6. The van der Waals surface area contributed by atoms with Gasteiger partial charge in [0.2, 0.25) is 17.6 Å². The van der Waals surface area contributed by atoms with E-state index in [1.807, 2.05) is 23.1 Å². The SMILES string of the molecule is O=C(CCc1ccccc1)N1CCC(Cc2nc(-c3cnccn3)no2)CC1. The summed E-state index contributed by atoms with van der Waals surface area (Å²) in [6, 6.07) is 10.2. The van der Waals surface area contributed by atoms with Gasteiger partial charge in [0.25, 0.3) is 0 Å². The van der Waals surface area contributed by atoms with E-state index < -0.39 is 0 Å². The molecule has 2 aromatic heterocycles. The lowest BCUT2D eigenvalue weighted by atomic mass is 9.93. The number of carbonyl (C=O) groups excluding carboxylic acids is 1. The number of aromatic nitrogens is 4. The van der Waals surface area contributed by atoms with E-state index >= 15 is 0 Å². The summed E-state index contributed by atoms with van der Waals surface area (Å²) in [5, 5.41) is 4.00. The van der Waals surface area contributed by atoms with E-state index in [1.54, 1.807) is 18.6 Å². The van der Waals surface area contributed by atoms with Crippen molar-refractivity contribution in [3.8, 4) is 11.5 Å². The van der Waals surface area contributed by atoms with Crippen molar-refractivity contribution in [1.29, 1.82) is 0 Å². The quantitative estimate of drug-likeness (QED) is 0.657. The van der Waals surface area contributed by atoms with Gasteiger partial charge in [-0.1, -0.05) is 35.5 Å². The van der Waals surface area contributed by atoms with Crippen molar-refractivity contribution in [2.24, 2.45) is 5.92 Å². The molecule has 3 aromatic rings. The normalized spacial score (nSPS) is 14.9.